The van der Waals surface area contributed by atoms with Crippen LogP contribution in [0.3, 0.4) is 0 Å². The zero-order chi connectivity index (χ0) is 39.4. The standard InChI is InChI=1S/C48H92O6/c1-4-7-10-13-15-17-19-21-22-23-24-25-26-27-29-31-33-36-38-41-47(50)53-44-45(54-48(51)42-39-34-12-9-6-3)43-52-46(49)40-37-35-32-30-28-20-18-16-14-11-8-5-2/h45H,4-44H2,1-3H3/t45-/m0/s1. The van der Waals surface area contributed by atoms with Gasteiger partial charge in [0.2, 0.25) is 0 Å². The predicted octanol–water partition coefficient (Wildman–Crippen LogP) is 15.3. The number of carbonyl (C=O) groups excluding carboxylic acids is 3. The number of hydrogen-bond acceptors (Lipinski definition) is 6. The van der Waals surface area contributed by atoms with Gasteiger partial charge in [0, 0.05) is 19.3 Å². The molecular formula is C48H92O6. The monoisotopic (exact) mass is 765 g/mol. The molecule has 0 aromatic carbocycles. The average Bonchev–Trinajstić information content (AvgIpc) is 3.17. The van der Waals surface area contributed by atoms with Gasteiger partial charge in [-0.3, -0.25) is 14.4 Å². The Labute approximate surface area is 336 Å². The summed E-state index contributed by atoms with van der Waals surface area (Å²) in [4.78, 5) is 37.5. The molecule has 0 aromatic rings. The second-order valence-electron chi connectivity index (χ2n) is 16.4. The van der Waals surface area contributed by atoms with Crippen LogP contribution in [-0.4, -0.2) is 37.2 Å². The molecular weight excluding hydrogens is 673 g/mol. The first-order valence-corrected chi connectivity index (χ1v) is 24.0. The van der Waals surface area contributed by atoms with Gasteiger partial charge in [-0.05, 0) is 19.3 Å². The van der Waals surface area contributed by atoms with Crippen LogP contribution in [-0.2, 0) is 28.6 Å². The van der Waals surface area contributed by atoms with Crippen LogP contribution in [0.2, 0.25) is 0 Å². The Hall–Kier alpha value is -1.59. The smallest absolute Gasteiger partial charge is 0.306 e. The maximum Gasteiger partial charge on any atom is 0.306 e. The third-order valence-corrected chi connectivity index (χ3v) is 10.9. The zero-order valence-electron chi connectivity index (χ0n) is 36.5. The number of esters is 3. The van der Waals surface area contributed by atoms with E-state index in [0.29, 0.717) is 19.3 Å². The fraction of sp³-hybridized carbons (Fsp3) is 0.938. The Bertz CT molecular complexity index is 798. The first-order valence-electron chi connectivity index (χ1n) is 24.0. The summed E-state index contributed by atoms with van der Waals surface area (Å²) in [5.41, 5.74) is 0. The van der Waals surface area contributed by atoms with E-state index in [2.05, 4.69) is 20.8 Å². The van der Waals surface area contributed by atoms with Crippen molar-refractivity contribution < 1.29 is 28.6 Å². The molecule has 1 atom stereocenters. The van der Waals surface area contributed by atoms with E-state index >= 15 is 0 Å². The molecule has 320 valence electrons. The third kappa shape index (κ3) is 41.6. The molecule has 0 spiro atoms. The molecule has 0 radical (unpaired) electrons. The van der Waals surface area contributed by atoms with Gasteiger partial charge in [0.1, 0.15) is 13.2 Å². The van der Waals surface area contributed by atoms with Crippen LogP contribution in [0.15, 0.2) is 0 Å². The Morgan fingerprint density at radius 3 is 0.741 bits per heavy atom. The maximum absolute atomic E-state index is 12.5. The summed E-state index contributed by atoms with van der Waals surface area (Å²) >= 11 is 0. The first-order chi connectivity index (χ1) is 26.5. The first kappa shape index (κ1) is 52.4. The van der Waals surface area contributed by atoms with Gasteiger partial charge in [-0.25, -0.2) is 0 Å². The number of unbranched alkanes of at least 4 members (excludes halogenated alkanes) is 33. The van der Waals surface area contributed by atoms with Crippen LogP contribution in [0.4, 0.5) is 0 Å². The largest absolute Gasteiger partial charge is 0.462 e. The fourth-order valence-corrected chi connectivity index (χ4v) is 7.21. The highest BCUT2D eigenvalue weighted by atomic mass is 16.6. The van der Waals surface area contributed by atoms with Crippen LogP contribution in [0.1, 0.15) is 271 Å². The SMILES string of the molecule is CCCCCCCCCCCCCCCCCCCCCC(=O)OC[C@H](COC(=O)CCCCCCCCCCCCCC)OC(=O)CCCCCCC. The fourth-order valence-electron chi connectivity index (χ4n) is 7.21. The second kappa shape index (κ2) is 44.1. The van der Waals surface area contributed by atoms with E-state index in [1.807, 2.05) is 0 Å². The van der Waals surface area contributed by atoms with Crippen LogP contribution in [0.25, 0.3) is 0 Å². The van der Waals surface area contributed by atoms with Crippen molar-refractivity contribution in [2.75, 3.05) is 13.2 Å². The lowest BCUT2D eigenvalue weighted by atomic mass is 10.0. The maximum atomic E-state index is 12.5. The highest BCUT2D eigenvalue weighted by molar-refractivity contribution is 5.71. The molecule has 0 fully saturated rings. The number of rotatable bonds is 44. The predicted molar refractivity (Wildman–Crippen MR) is 229 cm³/mol. The summed E-state index contributed by atoms with van der Waals surface area (Å²) in [7, 11) is 0. The molecule has 0 bridgehead atoms. The Balaban J connectivity index is 4.05. The van der Waals surface area contributed by atoms with Gasteiger partial charge in [-0.2, -0.15) is 0 Å². The summed E-state index contributed by atoms with van der Waals surface area (Å²) in [6, 6.07) is 0. The van der Waals surface area contributed by atoms with E-state index in [1.165, 1.54) is 167 Å². The lowest BCUT2D eigenvalue weighted by Gasteiger charge is -2.18. The molecule has 0 aliphatic heterocycles. The Kier molecular flexibility index (Phi) is 42.8. The van der Waals surface area contributed by atoms with Gasteiger partial charge in [0.05, 0.1) is 0 Å². The van der Waals surface area contributed by atoms with Crippen LogP contribution in [0, 0.1) is 0 Å². The number of hydrogen-bond donors (Lipinski definition) is 0. The molecule has 0 N–H and O–H groups in total. The molecule has 0 saturated heterocycles. The van der Waals surface area contributed by atoms with Crippen LogP contribution in [0.5, 0.6) is 0 Å². The molecule has 0 saturated carbocycles. The number of carbonyl (C=O) groups is 3. The summed E-state index contributed by atoms with van der Waals surface area (Å²) in [5.74, 6) is -0.864. The average molecular weight is 765 g/mol. The molecule has 6 heteroatoms. The Morgan fingerprint density at radius 1 is 0.296 bits per heavy atom. The van der Waals surface area contributed by atoms with E-state index in [4.69, 9.17) is 14.2 Å². The van der Waals surface area contributed by atoms with E-state index in [1.54, 1.807) is 0 Å². The second-order valence-corrected chi connectivity index (χ2v) is 16.4. The van der Waals surface area contributed by atoms with E-state index in [9.17, 15) is 14.4 Å². The molecule has 0 unspecified atom stereocenters. The van der Waals surface area contributed by atoms with Crippen LogP contribution < -0.4 is 0 Å². The van der Waals surface area contributed by atoms with Gasteiger partial charge in [0.25, 0.3) is 0 Å². The van der Waals surface area contributed by atoms with Crippen molar-refractivity contribution >= 4 is 17.9 Å². The van der Waals surface area contributed by atoms with E-state index < -0.39 is 6.10 Å². The molecule has 0 rings (SSSR count). The van der Waals surface area contributed by atoms with Crippen molar-refractivity contribution in [2.24, 2.45) is 0 Å². The normalized spacial score (nSPS) is 11.8. The summed E-state index contributed by atoms with van der Waals surface area (Å²) in [6.07, 6.45) is 45.5. The minimum atomic E-state index is -0.756. The van der Waals surface area contributed by atoms with Crippen LogP contribution >= 0.6 is 0 Å². The topological polar surface area (TPSA) is 78.9 Å². The summed E-state index contributed by atoms with van der Waals surface area (Å²) in [5, 5.41) is 0. The summed E-state index contributed by atoms with van der Waals surface area (Å²) < 4.78 is 16.6. The summed E-state index contributed by atoms with van der Waals surface area (Å²) in [6.45, 7) is 6.58. The lowest BCUT2D eigenvalue weighted by Crippen LogP contribution is -2.30. The molecule has 0 aliphatic carbocycles. The third-order valence-electron chi connectivity index (χ3n) is 10.9. The highest BCUT2D eigenvalue weighted by Gasteiger charge is 2.19. The minimum absolute atomic E-state index is 0.0641. The van der Waals surface area contributed by atoms with Gasteiger partial charge in [-0.1, -0.05) is 233 Å². The molecule has 0 aliphatic rings. The molecule has 0 heterocycles. The van der Waals surface area contributed by atoms with Gasteiger partial charge in [-0.15, -0.1) is 0 Å². The molecule has 0 amide bonds. The van der Waals surface area contributed by atoms with Crippen molar-refractivity contribution in [3.8, 4) is 0 Å². The minimum Gasteiger partial charge on any atom is -0.462 e. The van der Waals surface area contributed by atoms with Gasteiger partial charge in [0.15, 0.2) is 6.10 Å². The van der Waals surface area contributed by atoms with Crippen molar-refractivity contribution in [1.82, 2.24) is 0 Å². The molecule has 6 nitrogen and oxygen atoms in total. The Morgan fingerprint density at radius 2 is 0.500 bits per heavy atom. The van der Waals surface area contributed by atoms with E-state index in [-0.39, 0.29) is 31.1 Å². The number of ether oxygens (including phenoxy) is 3. The zero-order valence-corrected chi connectivity index (χ0v) is 36.5. The van der Waals surface area contributed by atoms with Gasteiger partial charge < -0.3 is 14.2 Å². The van der Waals surface area contributed by atoms with Crippen molar-refractivity contribution in [1.29, 1.82) is 0 Å². The van der Waals surface area contributed by atoms with Crippen molar-refractivity contribution in [3.05, 3.63) is 0 Å². The molecule has 54 heavy (non-hydrogen) atoms. The van der Waals surface area contributed by atoms with Crippen molar-refractivity contribution in [3.63, 3.8) is 0 Å². The lowest BCUT2D eigenvalue weighted by molar-refractivity contribution is -0.167. The molecule has 0 aromatic heterocycles. The highest BCUT2D eigenvalue weighted by Crippen LogP contribution is 2.16. The van der Waals surface area contributed by atoms with E-state index in [0.717, 1.165) is 64.2 Å². The van der Waals surface area contributed by atoms with Crippen molar-refractivity contribution in [2.45, 2.75) is 277 Å². The quantitative estimate of drug-likeness (QED) is 0.0349. The van der Waals surface area contributed by atoms with Gasteiger partial charge >= 0.3 is 17.9 Å².